The van der Waals surface area contributed by atoms with Gasteiger partial charge in [0.2, 0.25) is 5.91 Å². The Hall–Kier alpha value is -1.64. The number of piperidine rings is 1. The smallest absolute Gasteiger partial charge is 0.377 e. The zero-order valence-corrected chi connectivity index (χ0v) is 14.6. The van der Waals surface area contributed by atoms with Gasteiger partial charge in [0.15, 0.2) is 0 Å². The van der Waals surface area contributed by atoms with Crippen LogP contribution in [0.3, 0.4) is 0 Å². The number of amides is 1. The van der Waals surface area contributed by atoms with Crippen molar-refractivity contribution in [1.29, 1.82) is 0 Å². The number of anilines is 1. The van der Waals surface area contributed by atoms with Gasteiger partial charge in [-0.25, -0.2) is 0 Å². The lowest BCUT2D eigenvalue weighted by Gasteiger charge is -2.44. The van der Waals surface area contributed by atoms with E-state index in [-0.39, 0.29) is 29.8 Å². The Kier molecular flexibility index (Phi) is 5.55. The van der Waals surface area contributed by atoms with Crippen molar-refractivity contribution < 1.29 is 27.4 Å². The van der Waals surface area contributed by atoms with E-state index in [0.29, 0.717) is 13.1 Å². The van der Waals surface area contributed by atoms with Gasteiger partial charge in [0, 0.05) is 32.5 Å². The second kappa shape index (κ2) is 7.54. The normalized spacial score (nSPS) is 27.0. The van der Waals surface area contributed by atoms with Gasteiger partial charge < -0.3 is 14.8 Å². The van der Waals surface area contributed by atoms with Crippen molar-refractivity contribution in [1.82, 2.24) is 4.90 Å². The molecule has 0 saturated carbocycles. The minimum absolute atomic E-state index is 0.103. The Bertz CT molecular complexity index is 645. The first-order valence-corrected chi connectivity index (χ1v) is 8.69. The number of alkyl halides is 3. The highest BCUT2D eigenvalue weighted by atomic mass is 19.4. The number of hydrogen-bond acceptors (Lipinski definition) is 4. The fourth-order valence-electron chi connectivity index (χ4n) is 3.78. The molecule has 2 unspecified atom stereocenters. The van der Waals surface area contributed by atoms with Crippen molar-refractivity contribution in [3.8, 4) is 0 Å². The van der Waals surface area contributed by atoms with E-state index in [9.17, 15) is 18.0 Å². The molecule has 1 amide bonds. The highest BCUT2D eigenvalue weighted by Crippen LogP contribution is 2.37. The molecule has 5 nitrogen and oxygen atoms in total. The Morgan fingerprint density at radius 1 is 1.42 bits per heavy atom. The second-order valence-electron chi connectivity index (χ2n) is 6.85. The summed E-state index contributed by atoms with van der Waals surface area (Å²) in [4.78, 5) is 14.2. The number of carbonyl (C=O) groups excluding carboxylic acids is 1. The summed E-state index contributed by atoms with van der Waals surface area (Å²) in [6.45, 7) is 2.09. The van der Waals surface area contributed by atoms with Crippen LogP contribution in [0.15, 0.2) is 24.3 Å². The molecule has 8 heteroatoms. The van der Waals surface area contributed by atoms with Gasteiger partial charge in [-0.1, -0.05) is 6.07 Å². The summed E-state index contributed by atoms with van der Waals surface area (Å²) in [6, 6.07) is 4.64. The largest absolute Gasteiger partial charge is 0.416 e. The van der Waals surface area contributed by atoms with Gasteiger partial charge in [0.25, 0.3) is 0 Å². The van der Waals surface area contributed by atoms with E-state index in [2.05, 4.69) is 5.32 Å². The minimum Gasteiger partial charge on any atom is -0.377 e. The molecule has 1 aromatic carbocycles. The van der Waals surface area contributed by atoms with Crippen LogP contribution in [0.1, 0.15) is 24.8 Å². The van der Waals surface area contributed by atoms with Gasteiger partial charge in [-0.3, -0.25) is 9.69 Å². The Labute approximate surface area is 150 Å². The molecule has 0 radical (unpaired) electrons. The van der Waals surface area contributed by atoms with E-state index < -0.39 is 11.7 Å². The first-order valence-electron chi connectivity index (χ1n) is 8.69. The molecular formula is C18H23F3N2O3. The summed E-state index contributed by atoms with van der Waals surface area (Å²) in [6.07, 6.45) is -1.80. The predicted molar refractivity (Wildman–Crippen MR) is 89.8 cm³/mol. The van der Waals surface area contributed by atoms with Crippen molar-refractivity contribution in [3.63, 3.8) is 0 Å². The number of halogens is 3. The Balaban J connectivity index is 1.57. The van der Waals surface area contributed by atoms with Crippen LogP contribution < -0.4 is 5.32 Å². The number of benzene rings is 1. The lowest BCUT2D eigenvalue weighted by Crippen LogP contribution is -2.57. The third-order valence-corrected chi connectivity index (χ3v) is 5.12. The molecule has 2 aliphatic rings. The molecule has 1 spiro atoms. The van der Waals surface area contributed by atoms with Crippen LogP contribution in [-0.2, 0) is 20.4 Å². The van der Waals surface area contributed by atoms with E-state index in [4.69, 9.17) is 9.47 Å². The molecular weight excluding hydrogens is 349 g/mol. The van der Waals surface area contributed by atoms with Crippen LogP contribution in [0.25, 0.3) is 0 Å². The number of nitrogens with one attached hydrogen (secondary N) is 1. The molecule has 3 rings (SSSR count). The molecule has 0 bridgehead atoms. The van der Waals surface area contributed by atoms with E-state index in [0.717, 1.165) is 38.0 Å². The molecule has 2 fully saturated rings. The van der Waals surface area contributed by atoms with Gasteiger partial charge in [-0.15, -0.1) is 0 Å². The topological polar surface area (TPSA) is 50.8 Å². The predicted octanol–water partition coefficient (Wildman–Crippen LogP) is 2.91. The fourth-order valence-corrected chi connectivity index (χ4v) is 3.78. The van der Waals surface area contributed by atoms with Gasteiger partial charge in [-0.2, -0.15) is 13.2 Å². The van der Waals surface area contributed by atoms with Crippen LogP contribution in [-0.4, -0.2) is 55.9 Å². The maximum atomic E-state index is 12.8. The molecule has 2 aliphatic heterocycles. The van der Waals surface area contributed by atoms with Crippen molar-refractivity contribution >= 4 is 11.6 Å². The quantitative estimate of drug-likeness (QED) is 0.883. The summed E-state index contributed by atoms with van der Waals surface area (Å²) in [5.41, 5.74) is -0.906. The lowest BCUT2D eigenvalue weighted by atomic mass is 9.86. The van der Waals surface area contributed by atoms with E-state index in [1.807, 2.05) is 4.90 Å². The molecule has 0 aliphatic carbocycles. The van der Waals surface area contributed by atoms with Crippen LogP contribution in [0.2, 0.25) is 0 Å². The van der Waals surface area contributed by atoms with Crippen LogP contribution >= 0.6 is 0 Å². The molecule has 2 saturated heterocycles. The number of nitrogens with zero attached hydrogens (tertiary/aromatic N) is 1. The highest BCUT2D eigenvalue weighted by molar-refractivity contribution is 5.92. The third-order valence-electron chi connectivity index (χ3n) is 5.12. The average Bonchev–Trinajstić information content (AvgIpc) is 3.05. The molecule has 2 heterocycles. The molecule has 2 atom stereocenters. The van der Waals surface area contributed by atoms with Crippen molar-refractivity contribution in [2.24, 2.45) is 0 Å². The summed E-state index contributed by atoms with van der Waals surface area (Å²) in [7, 11) is 1.64. The van der Waals surface area contributed by atoms with Gasteiger partial charge in [-0.05, 0) is 37.5 Å². The number of carbonyl (C=O) groups is 1. The highest BCUT2D eigenvalue weighted by Gasteiger charge is 2.46. The molecule has 0 aromatic heterocycles. The van der Waals surface area contributed by atoms with Crippen LogP contribution in [0, 0.1) is 0 Å². The number of methoxy groups -OCH3 is 1. The van der Waals surface area contributed by atoms with Crippen molar-refractivity contribution in [3.05, 3.63) is 29.8 Å². The SMILES string of the molecule is COC1CN(CC(=O)Nc2cccc(C(F)(F)F)c2)CCC12CCCO2. The number of rotatable bonds is 4. The first-order chi connectivity index (χ1) is 12.3. The van der Waals surface area contributed by atoms with Crippen LogP contribution in [0.5, 0.6) is 0 Å². The first kappa shape index (κ1) is 19.1. The monoisotopic (exact) mass is 372 g/mol. The fraction of sp³-hybridized carbons (Fsp3) is 0.611. The zero-order valence-electron chi connectivity index (χ0n) is 14.6. The standard InChI is InChI=1S/C18H23F3N2O3/c1-25-15-11-23(8-7-17(15)6-3-9-26-17)12-16(24)22-14-5-2-4-13(10-14)18(19,20)21/h2,4-5,10,15H,3,6-9,11-12H2,1H3,(H,22,24). The second-order valence-corrected chi connectivity index (χ2v) is 6.85. The number of likely N-dealkylation sites (tertiary alicyclic amines) is 1. The van der Waals surface area contributed by atoms with E-state index in [1.165, 1.54) is 12.1 Å². The van der Waals surface area contributed by atoms with Gasteiger partial charge in [0.1, 0.15) is 0 Å². The Morgan fingerprint density at radius 2 is 2.23 bits per heavy atom. The summed E-state index contributed by atoms with van der Waals surface area (Å²) in [5.74, 6) is -0.345. The maximum Gasteiger partial charge on any atom is 0.416 e. The molecule has 1 aromatic rings. The average molecular weight is 372 g/mol. The van der Waals surface area contributed by atoms with Gasteiger partial charge in [0.05, 0.1) is 23.8 Å². The zero-order chi connectivity index (χ0) is 18.8. The van der Waals surface area contributed by atoms with Crippen molar-refractivity contribution in [2.45, 2.75) is 37.1 Å². The van der Waals surface area contributed by atoms with Crippen LogP contribution in [0.4, 0.5) is 18.9 Å². The maximum absolute atomic E-state index is 12.8. The van der Waals surface area contributed by atoms with E-state index >= 15 is 0 Å². The lowest BCUT2D eigenvalue weighted by molar-refractivity contribution is -0.145. The molecule has 1 N–H and O–H groups in total. The molecule has 26 heavy (non-hydrogen) atoms. The summed E-state index contributed by atoms with van der Waals surface area (Å²) >= 11 is 0. The van der Waals surface area contributed by atoms with E-state index in [1.54, 1.807) is 7.11 Å². The van der Waals surface area contributed by atoms with Gasteiger partial charge >= 0.3 is 6.18 Å². The minimum atomic E-state index is -4.44. The third kappa shape index (κ3) is 4.19. The Morgan fingerprint density at radius 3 is 2.88 bits per heavy atom. The molecule has 144 valence electrons. The number of hydrogen-bond donors (Lipinski definition) is 1. The summed E-state index contributed by atoms with van der Waals surface area (Å²) in [5, 5.41) is 2.54. The number of ether oxygens (including phenoxy) is 2. The van der Waals surface area contributed by atoms with Crippen molar-refractivity contribution in [2.75, 3.05) is 38.7 Å². The summed E-state index contributed by atoms with van der Waals surface area (Å²) < 4.78 is 49.8.